The molecule has 0 bridgehead atoms. The molecule has 0 aliphatic carbocycles. The molecule has 5 nitrogen and oxygen atoms in total. The van der Waals surface area contributed by atoms with Gasteiger partial charge in [-0.25, -0.2) is 0 Å². The summed E-state index contributed by atoms with van der Waals surface area (Å²) in [4.78, 5) is 23.3. The minimum atomic E-state index is -0.136. The van der Waals surface area contributed by atoms with Gasteiger partial charge in [0.2, 0.25) is 5.91 Å². The number of carbonyl (C=O) groups excluding carboxylic acids is 2. The third-order valence-electron chi connectivity index (χ3n) is 3.66. The number of aliphatic hydroxyl groups excluding tert-OH is 1. The summed E-state index contributed by atoms with van der Waals surface area (Å²) in [6.07, 6.45) is 1.95. The third kappa shape index (κ3) is 3.36. The lowest BCUT2D eigenvalue weighted by molar-refractivity contribution is -0.115. The Bertz CT molecular complexity index is 514. The smallest absolute Gasteiger partial charge is 0.251 e. The number of carbonyl (C=O) groups is 2. The first-order valence-electron chi connectivity index (χ1n) is 6.96. The molecule has 20 heavy (non-hydrogen) atoms. The lowest BCUT2D eigenvalue weighted by Crippen LogP contribution is -2.29. The van der Waals surface area contributed by atoms with E-state index < -0.39 is 0 Å². The van der Waals surface area contributed by atoms with E-state index in [0.29, 0.717) is 30.9 Å². The van der Waals surface area contributed by atoms with Gasteiger partial charge in [-0.2, -0.15) is 0 Å². The molecule has 1 unspecified atom stereocenters. The zero-order valence-electron chi connectivity index (χ0n) is 11.6. The van der Waals surface area contributed by atoms with E-state index in [9.17, 15) is 9.59 Å². The summed E-state index contributed by atoms with van der Waals surface area (Å²) in [6.45, 7) is 2.74. The third-order valence-corrected chi connectivity index (χ3v) is 3.66. The first-order chi connectivity index (χ1) is 9.63. The summed E-state index contributed by atoms with van der Waals surface area (Å²) in [5.41, 5.74) is 2.22. The molecule has 2 amide bonds. The van der Waals surface area contributed by atoms with E-state index in [1.165, 1.54) is 0 Å². The molecule has 0 aromatic heterocycles. The van der Waals surface area contributed by atoms with Crippen molar-refractivity contribution in [1.29, 1.82) is 0 Å². The Balaban J connectivity index is 1.96. The molecule has 0 radical (unpaired) electrons. The van der Waals surface area contributed by atoms with Crippen LogP contribution >= 0.6 is 0 Å². The fraction of sp³-hybridized carbons (Fsp3) is 0.467. The first-order valence-corrected chi connectivity index (χ1v) is 6.96. The highest BCUT2D eigenvalue weighted by Gasteiger charge is 2.19. The van der Waals surface area contributed by atoms with Crippen molar-refractivity contribution in [3.63, 3.8) is 0 Å². The zero-order valence-corrected chi connectivity index (χ0v) is 11.6. The van der Waals surface area contributed by atoms with Gasteiger partial charge in [0, 0.05) is 24.4 Å². The average Bonchev–Trinajstić information content (AvgIpc) is 2.82. The first kappa shape index (κ1) is 14.5. The van der Waals surface area contributed by atoms with E-state index in [1.54, 1.807) is 18.2 Å². The topological polar surface area (TPSA) is 78.4 Å². The molecule has 1 aliphatic heterocycles. The Morgan fingerprint density at radius 2 is 2.30 bits per heavy atom. The van der Waals surface area contributed by atoms with E-state index >= 15 is 0 Å². The Morgan fingerprint density at radius 3 is 3.00 bits per heavy atom. The van der Waals surface area contributed by atoms with Crippen LogP contribution in [0.4, 0.5) is 5.69 Å². The average molecular weight is 276 g/mol. The normalized spacial score (nSPS) is 14.6. The maximum atomic E-state index is 12.1. The van der Waals surface area contributed by atoms with Crippen molar-refractivity contribution in [2.75, 3.05) is 18.5 Å². The number of benzene rings is 1. The van der Waals surface area contributed by atoms with Crippen LogP contribution in [0.15, 0.2) is 18.2 Å². The SMILES string of the molecule is CCC(CCO)CNC(=O)c1ccc2c(c1)CC(=O)N2. The summed E-state index contributed by atoms with van der Waals surface area (Å²) >= 11 is 0. The molecule has 1 aromatic carbocycles. The summed E-state index contributed by atoms with van der Waals surface area (Å²) in [6, 6.07) is 5.24. The molecule has 3 N–H and O–H groups in total. The molecule has 0 saturated carbocycles. The molecule has 5 heteroatoms. The molecule has 1 aromatic rings. The van der Waals surface area contributed by atoms with Crippen LogP contribution in [0, 0.1) is 5.92 Å². The van der Waals surface area contributed by atoms with Crippen molar-refractivity contribution < 1.29 is 14.7 Å². The standard InChI is InChI=1S/C15H20N2O3/c1-2-10(5-6-18)9-16-15(20)11-3-4-13-12(7-11)8-14(19)17-13/h3-4,7,10,18H,2,5-6,8-9H2,1H3,(H,16,20)(H,17,19). The van der Waals surface area contributed by atoms with Crippen molar-refractivity contribution in [2.24, 2.45) is 5.92 Å². The number of amides is 2. The fourth-order valence-electron chi connectivity index (χ4n) is 2.34. The molecular formula is C15H20N2O3. The lowest BCUT2D eigenvalue weighted by Gasteiger charge is -2.14. The van der Waals surface area contributed by atoms with Gasteiger partial charge in [0.15, 0.2) is 0 Å². The quantitative estimate of drug-likeness (QED) is 0.733. The summed E-state index contributed by atoms with van der Waals surface area (Å²) in [7, 11) is 0. The second kappa shape index (κ2) is 6.52. The van der Waals surface area contributed by atoms with Gasteiger partial charge in [-0.05, 0) is 36.1 Å². The molecule has 1 aliphatic rings. The van der Waals surface area contributed by atoms with Crippen molar-refractivity contribution >= 4 is 17.5 Å². The molecular weight excluding hydrogens is 256 g/mol. The maximum absolute atomic E-state index is 12.1. The van der Waals surface area contributed by atoms with Gasteiger partial charge >= 0.3 is 0 Å². The monoisotopic (exact) mass is 276 g/mol. The van der Waals surface area contributed by atoms with Gasteiger partial charge in [-0.15, -0.1) is 0 Å². The number of nitrogens with one attached hydrogen (secondary N) is 2. The number of aliphatic hydroxyl groups is 1. The van der Waals surface area contributed by atoms with Crippen LogP contribution in [0.25, 0.3) is 0 Å². The Morgan fingerprint density at radius 1 is 1.50 bits per heavy atom. The molecule has 0 fully saturated rings. The summed E-state index contributed by atoms with van der Waals surface area (Å²) < 4.78 is 0. The predicted molar refractivity (Wildman–Crippen MR) is 76.6 cm³/mol. The van der Waals surface area contributed by atoms with Crippen LogP contribution in [-0.2, 0) is 11.2 Å². The summed E-state index contributed by atoms with van der Waals surface area (Å²) in [5, 5.41) is 14.6. The van der Waals surface area contributed by atoms with Gasteiger partial charge in [0.05, 0.1) is 6.42 Å². The Labute approximate surface area is 118 Å². The van der Waals surface area contributed by atoms with Gasteiger partial charge < -0.3 is 15.7 Å². The number of hydrogen-bond acceptors (Lipinski definition) is 3. The van der Waals surface area contributed by atoms with E-state index in [0.717, 1.165) is 17.7 Å². The Hall–Kier alpha value is -1.88. The van der Waals surface area contributed by atoms with Gasteiger partial charge in [-0.1, -0.05) is 13.3 Å². The fourth-order valence-corrected chi connectivity index (χ4v) is 2.34. The lowest BCUT2D eigenvalue weighted by atomic mass is 10.0. The number of hydrogen-bond donors (Lipinski definition) is 3. The van der Waals surface area contributed by atoms with Crippen LogP contribution in [-0.4, -0.2) is 30.1 Å². The molecule has 2 rings (SSSR count). The molecule has 1 atom stereocenters. The molecule has 0 spiro atoms. The molecule has 108 valence electrons. The van der Waals surface area contributed by atoms with Crippen LogP contribution in [0.1, 0.15) is 35.7 Å². The van der Waals surface area contributed by atoms with Gasteiger partial charge in [-0.3, -0.25) is 9.59 Å². The van der Waals surface area contributed by atoms with Crippen molar-refractivity contribution in [3.05, 3.63) is 29.3 Å². The maximum Gasteiger partial charge on any atom is 0.251 e. The van der Waals surface area contributed by atoms with Crippen LogP contribution in [0.5, 0.6) is 0 Å². The van der Waals surface area contributed by atoms with E-state index in [4.69, 9.17) is 5.11 Å². The Kier molecular flexibility index (Phi) is 4.74. The van der Waals surface area contributed by atoms with E-state index in [2.05, 4.69) is 10.6 Å². The number of fused-ring (bicyclic) bond motifs is 1. The minimum absolute atomic E-state index is 0.0356. The van der Waals surface area contributed by atoms with Crippen LogP contribution < -0.4 is 10.6 Å². The molecule has 0 saturated heterocycles. The van der Waals surface area contributed by atoms with Gasteiger partial charge in [0.1, 0.15) is 0 Å². The second-order valence-corrected chi connectivity index (χ2v) is 5.09. The van der Waals surface area contributed by atoms with Crippen LogP contribution in [0.2, 0.25) is 0 Å². The zero-order chi connectivity index (χ0) is 14.5. The van der Waals surface area contributed by atoms with E-state index in [-0.39, 0.29) is 18.4 Å². The highest BCUT2D eigenvalue weighted by molar-refractivity contribution is 6.01. The largest absolute Gasteiger partial charge is 0.396 e. The highest BCUT2D eigenvalue weighted by atomic mass is 16.3. The predicted octanol–water partition coefficient (Wildman–Crippen LogP) is 1.32. The number of rotatable bonds is 6. The van der Waals surface area contributed by atoms with Crippen LogP contribution in [0.3, 0.4) is 0 Å². The van der Waals surface area contributed by atoms with E-state index in [1.807, 2.05) is 6.92 Å². The van der Waals surface area contributed by atoms with Crippen molar-refractivity contribution in [2.45, 2.75) is 26.2 Å². The summed E-state index contributed by atoms with van der Waals surface area (Å²) in [5.74, 6) is 0.122. The highest BCUT2D eigenvalue weighted by Crippen LogP contribution is 2.23. The van der Waals surface area contributed by atoms with Crippen molar-refractivity contribution in [1.82, 2.24) is 5.32 Å². The molecule has 1 heterocycles. The van der Waals surface area contributed by atoms with Crippen molar-refractivity contribution in [3.8, 4) is 0 Å². The van der Waals surface area contributed by atoms with Gasteiger partial charge in [0.25, 0.3) is 5.91 Å². The second-order valence-electron chi connectivity index (χ2n) is 5.09. The number of anilines is 1. The minimum Gasteiger partial charge on any atom is -0.396 e.